The summed E-state index contributed by atoms with van der Waals surface area (Å²) in [5.74, 6) is 0.358. The lowest BCUT2D eigenvalue weighted by atomic mass is 9.85. The summed E-state index contributed by atoms with van der Waals surface area (Å²) in [6, 6.07) is 5.25. The molecule has 0 spiro atoms. The number of ether oxygens (including phenoxy) is 1. The highest BCUT2D eigenvalue weighted by Crippen LogP contribution is 2.37. The van der Waals surface area contributed by atoms with Gasteiger partial charge in [-0.05, 0) is 25.1 Å². The molecule has 2 N–H and O–H groups in total. The third-order valence-electron chi connectivity index (χ3n) is 5.06. The fourth-order valence-corrected chi connectivity index (χ4v) is 3.52. The van der Waals surface area contributed by atoms with E-state index in [4.69, 9.17) is 4.74 Å². The third-order valence-corrected chi connectivity index (χ3v) is 5.06. The molecule has 134 valence electrons. The van der Waals surface area contributed by atoms with Crippen LogP contribution in [0.4, 0.5) is 0 Å². The molecule has 0 saturated carbocycles. The number of hydrogen-bond donors (Lipinski definition) is 2. The Bertz CT molecular complexity index is 997. The Morgan fingerprint density at radius 3 is 2.73 bits per heavy atom. The molecular weight excluding hydrogens is 330 g/mol. The summed E-state index contributed by atoms with van der Waals surface area (Å²) in [6.45, 7) is 5.84. The third kappa shape index (κ3) is 2.33. The van der Waals surface area contributed by atoms with Crippen molar-refractivity contribution in [1.82, 2.24) is 15.2 Å². The number of hydrogen-bond acceptors (Lipinski definition) is 3. The fourth-order valence-electron chi connectivity index (χ4n) is 3.52. The van der Waals surface area contributed by atoms with Crippen LogP contribution >= 0.6 is 0 Å². The number of carbonyl (C=O) groups excluding carboxylic acids is 2. The number of nitrogens with zero attached hydrogens (tertiary/aromatic N) is 1. The minimum atomic E-state index is -0.543. The van der Waals surface area contributed by atoms with Gasteiger partial charge in [0.15, 0.2) is 0 Å². The molecule has 1 atom stereocenters. The van der Waals surface area contributed by atoms with Crippen molar-refractivity contribution in [2.75, 3.05) is 7.11 Å². The van der Waals surface area contributed by atoms with Gasteiger partial charge in [0, 0.05) is 39.8 Å². The number of nitrogens with one attached hydrogen (secondary N) is 2. The number of aromatic amines is 1. The molecule has 0 radical (unpaired) electrons. The molecule has 1 unspecified atom stereocenters. The van der Waals surface area contributed by atoms with Gasteiger partial charge in [-0.15, -0.1) is 0 Å². The molecule has 2 aromatic rings. The second-order valence-corrected chi connectivity index (χ2v) is 7.30. The van der Waals surface area contributed by atoms with Gasteiger partial charge in [0.1, 0.15) is 17.5 Å². The van der Waals surface area contributed by atoms with E-state index in [-0.39, 0.29) is 17.2 Å². The molecule has 1 saturated heterocycles. The number of piperazine rings is 1. The van der Waals surface area contributed by atoms with Crippen LogP contribution in [-0.4, -0.2) is 34.8 Å². The van der Waals surface area contributed by atoms with Crippen molar-refractivity contribution in [3.8, 4) is 5.75 Å². The number of amides is 2. The van der Waals surface area contributed by atoms with Crippen molar-refractivity contribution < 1.29 is 14.3 Å². The minimum Gasteiger partial charge on any atom is -0.497 e. The molecule has 0 bridgehead atoms. The van der Waals surface area contributed by atoms with E-state index in [0.29, 0.717) is 5.70 Å². The molecule has 1 aromatic carbocycles. The van der Waals surface area contributed by atoms with Gasteiger partial charge in [-0.3, -0.25) is 14.5 Å². The van der Waals surface area contributed by atoms with E-state index in [1.54, 1.807) is 26.3 Å². The molecular formula is C20H21N3O3. The SMILES string of the molecule is COc1ccc2c3c([nH]c2c1)C(C)(C)C=CN1C(=O)C(C)NC(=O)C1=C3. The van der Waals surface area contributed by atoms with Crippen LogP contribution in [0.5, 0.6) is 5.75 Å². The molecule has 4 rings (SSSR count). The molecule has 2 aliphatic heterocycles. The summed E-state index contributed by atoms with van der Waals surface area (Å²) >= 11 is 0. The van der Waals surface area contributed by atoms with Crippen LogP contribution in [0.15, 0.2) is 36.2 Å². The Balaban J connectivity index is 2.01. The highest BCUT2D eigenvalue weighted by molar-refractivity contribution is 6.09. The van der Waals surface area contributed by atoms with Crippen LogP contribution in [0.1, 0.15) is 32.0 Å². The first kappa shape index (κ1) is 16.4. The number of rotatable bonds is 1. The van der Waals surface area contributed by atoms with Crippen molar-refractivity contribution >= 4 is 28.8 Å². The number of carbonyl (C=O) groups is 2. The van der Waals surface area contributed by atoms with E-state index in [2.05, 4.69) is 24.1 Å². The molecule has 3 heterocycles. The number of fused-ring (bicyclic) bond motifs is 4. The van der Waals surface area contributed by atoms with Crippen molar-refractivity contribution in [3.05, 3.63) is 47.4 Å². The van der Waals surface area contributed by atoms with Gasteiger partial charge in [-0.2, -0.15) is 0 Å². The molecule has 6 heteroatoms. The molecule has 1 aromatic heterocycles. The lowest BCUT2D eigenvalue weighted by Gasteiger charge is -2.33. The van der Waals surface area contributed by atoms with Gasteiger partial charge in [0.2, 0.25) is 0 Å². The van der Waals surface area contributed by atoms with Crippen LogP contribution < -0.4 is 10.1 Å². The molecule has 26 heavy (non-hydrogen) atoms. The molecule has 2 amide bonds. The summed E-state index contributed by atoms with van der Waals surface area (Å²) in [7, 11) is 1.63. The first-order valence-corrected chi connectivity index (χ1v) is 8.57. The Morgan fingerprint density at radius 2 is 2.00 bits per heavy atom. The highest BCUT2D eigenvalue weighted by atomic mass is 16.5. The van der Waals surface area contributed by atoms with Gasteiger partial charge < -0.3 is 15.0 Å². The second kappa shape index (κ2) is 5.49. The first-order chi connectivity index (χ1) is 12.3. The maximum absolute atomic E-state index is 12.6. The van der Waals surface area contributed by atoms with Crippen molar-refractivity contribution in [2.24, 2.45) is 0 Å². The zero-order valence-electron chi connectivity index (χ0n) is 15.2. The summed E-state index contributed by atoms with van der Waals surface area (Å²) < 4.78 is 5.32. The van der Waals surface area contributed by atoms with Gasteiger partial charge in [-0.1, -0.05) is 19.9 Å². The number of benzene rings is 1. The zero-order valence-corrected chi connectivity index (χ0v) is 15.2. The van der Waals surface area contributed by atoms with E-state index in [9.17, 15) is 9.59 Å². The summed E-state index contributed by atoms with van der Waals surface area (Å²) in [6.07, 6.45) is 5.46. The van der Waals surface area contributed by atoms with Gasteiger partial charge >= 0.3 is 0 Å². The van der Waals surface area contributed by atoms with E-state index in [1.165, 1.54) is 4.90 Å². The Labute approximate surface area is 151 Å². The van der Waals surface area contributed by atoms with Gasteiger partial charge in [0.05, 0.1) is 7.11 Å². The first-order valence-electron chi connectivity index (χ1n) is 8.57. The largest absolute Gasteiger partial charge is 0.497 e. The maximum Gasteiger partial charge on any atom is 0.269 e. The molecule has 2 aliphatic rings. The smallest absolute Gasteiger partial charge is 0.269 e. The summed E-state index contributed by atoms with van der Waals surface area (Å²) in [5, 5.41) is 3.71. The summed E-state index contributed by atoms with van der Waals surface area (Å²) in [4.78, 5) is 30.0. The number of allylic oxidation sites excluding steroid dienone is 1. The van der Waals surface area contributed by atoms with Crippen LogP contribution in [0.3, 0.4) is 0 Å². The average Bonchev–Trinajstić information content (AvgIpc) is 2.96. The van der Waals surface area contributed by atoms with E-state index in [0.717, 1.165) is 27.9 Å². The number of methoxy groups -OCH3 is 1. The van der Waals surface area contributed by atoms with E-state index in [1.807, 2.05) is 24.3 Å². The van der Waals surface area contributed by atoms with Gasteiger partial charge in [0.25, 0.3) is 11.8 Å². The van der Waals surface area contributed by atoms with E-state index < -0.39 is 6.04 Å². The minimum absolute atomic E-state index is 0.145. The van der Waals surface area contributed by atoms with E-state index >= 15 is 0 Å². The van der Waals surface area contributed by atoms with Crippen LogP contribution in [0.25, 0.3) is 17.0 Å². The fraction of sp³-hybridized carbons (Fsp3) is 0.300. The topological polar surface area (TPSA) is 74.4 Å². The second-order valence-electron chi connectivity index (χ2n) is 7.30. The zero-order chi connectivity index (χ0) is 18.6. The lowest BCUT2D eigenvalue weighted by molar-refractivity contribution is -0.137. The Morgan fingerprint density at radius 1 is 1.23 bits per heavy atom. The summed E-state index contributed by atoms with van der Waals surface area (Å²) in [5.41, 5.74) is 2.81. The molecule has 6 nitrogen and oxygen atoms in total. The standard InChI is InChI=1S/C20H21N3O3/c1-11-19(25)23-8-7-20(2,3)17-14(10-16(23)18(24)21-11)13-6-5-12(26-4)9-15(13)22-17/h5-11,22H,1-4H3,(H,21,24). The molecule has 1 fully saturated rings. The molecule has 0 aliphatic carbocycles. The number of aromatic nitrogens is 1. The van der Waals surface area contributed by atoms with Crippen LogP contribution in [0.2, 0.25) is 0 Å². The maximum atomic E-state index is 12.6. The normalized spacial score (nSPS) is 21.5. The Hall–Kier alpha value is -3.02. The average molecular weight is 351 g/mol. The Kier molecular flexibility index (Phi) is 3.47. The van der Waals surface area contributed by atoms with Gasteiger partial charge in [-0.25, -0.2) is 0 Å². The number of H-pyrrole nitrogens is 1. The van der Waals surface area contributed by atoms with Crippen molar-refractivity contribution in [2.45, 2.75) is 32.2 Å². The van der Waals surface area contributed by atoms with Crippen LogP contribution in [-0.2, 0) is 15.0 Å². The predicted molar refractivity (Wildman–Crippen MR) is 99.4 cm³/mol. The quantitative estimate of drug-likeness (QED) is 0.829. The monoisotopic (exact) mass is 351 g/mol. The predicted octanol–water partition coefficient (Wildman–Crippen LogP) is 2.67. The van der Waals surface area contributed by atoms with Crippen LogP contribution in [0, 0.1) is 0 Å². The lowest BCUT2D eigenvalue weighted by Crippen LogP contribution is -2.53. The highest BCUT2D eigenvalue weighted by Gasteiger charge is 2.36. The van der Waals surface area contributed by atoms with Crippen molar-refractivity contribution in [3.63, 3.8) is 0 Å². The van der Waals surface area contributed by atoms with Crippen molar-refractivity contribution in [1.29, 1.82) is 0 Å².